The van der Waals surface area contributed by atoms with Gasteiger partial charge in [-0.1, -0.05) is 23.2 Å². The number of carbonyl (C=O) groups is 1. The molecule has 2 fully saturated rings. The van der Waals surface area contributed by atoms with E-state index < -0.39 is 17.0 Å². The molecule has 0 unspecified atom stereocenters. The van der Waals surface area contributed by atoms with Gasteiger partial charge in [0.05, 0.1) is 33.5 Å². The van der Waals surface area contributed by atoms with E-state index in [1.807, 2.05) is 25.7 Å². The average Bonchev–Trinajstić information content (AvgIpc) is 3.18. The van der Waals surface area contributed by atoms with Gasteiger partial charge in [0, 0.05) is 42.8 Å². The van der Waals surface area contributed by atoms with E-state index in [1.54, 1.807) is 26.0 Å². The number of nitrogens with one attached hydrogen (secondary N) is 1. The summed E-state index contributed by atoms with van der Waals surface area (Å²) < 4.78 is 33.2. The number of piperidine rings is 1. The molecule has 232 valence electrons. The van der Waals surface area contributed by atoms with Gasteiger partial charge in [-0.15, -0.1) is 0 Å². The van der Waals surface area contributed by atoms with E-state index in [4.69, 9.17) is 37.4 Å². The number of aliphatic hydroxyl groups is 1. The SMILES string of the molecule is CC(C)(O)CCOc1cc2ncnc(Nc3ccc(Cl)c(Cl)c3F)c2cc1O[C@@H]1C[C@H]2CC[C@@H](C1)N2C(=O)OC(C)(C)C. The molecule has 2 saturated heterocycles. The van der Waals surface area contributed by atoms with Gasteiger partial charge >= 0.3 is 6.09 Å². The molecule has 1 amide bonds. The molecule has 2 aliphatic heterocycles. The highest BCUT2D eigenvalue weighted by Gasteiger charge is 2.45. The Morgan fingerprint density at radius 2 is 1.79 bits per heavy atom. The third-order valence-corrected chi connectivity index (χ3v) is 8.33. The van der Waals surface area contributed by atoms with Gasteiger partial charge in [-0.2, -0.15) is 0 Å². The number of hydrogen-bond acceptors (Lipinski definition) is 8. The van der Waals surface area contributed by atoms with E-state index >= 15 is 0 Å². The Balaban J connectivity index is 1.44. The first-order valence-electron chi connectivity index (χ1n) is 14.4. The van der Waals surface area contributed by atoms with Crippen LogP contribution >= 0.6 is 23.2 Å². The molecule has 12 heteroatoms. The normalized spacial score (nSPS) is 20.3. The fraction of sp³-hybridized carbons (Fsp3) is 0.516. The maximum Gasteiger partial charge on any atom is 0.410 e. The number of anilines is 2. The van der Waals surface area contributed by atoms with Gasteiger partial charge in [0.25, 0.3) is 0 Å². The molecule has 2 bridgehead atoms. The molecule has 2 aliphatic rings. The number of carbonyl (C=O) groups excluding carboxylic acids is 1. The zero-order valence-electron chi connectivity index (χ0n) is 24.9. The molecule has 9 nitrogen and oxygen atoms in total. The summed E-state index contributed by atoms with van der Waals surface area (Å²) in [6, 6.07) is 6.53. The van der Waals surface area contributed by atoms with Gasteiger partial charge in [-0.05, 0) is 65.7 Å². The summed E-state index contributed by atoms with van der Waals surface area (Å²) in [5.74, 6) is 0.570. The van der Waals surface area contributed by atoms with E-state index in [1.165, 1.54) is 18.5 Å². The second-order valence-electron chi connectivity index (χ2n) is 12.8. The number of amides is 1. The molecule has 2 aromatic carbocycles. The van der Waals surface area contributed by atoms with Crippen molar-refractivity contribution in [3.05, 3.63) is 46.5 Å². The first-order chi connectivity index (χ1) is 20.2. The third kappa shape index (κ3) is 7.36. The first kappa shape index (κ1) is 31.3. The summed E-state index contributed by atoms with van der Waals surface area (Å²) >= 11 is 12.0. The molecule has 3 aromatic rings. The Morgan fingerprint density at radius 3 is 2.44 bits per heavy atom. The van der Waals surface area contributed by atoms with E-state index in [-0.39, 0.29) is 46.6 Å². The van der Waals surface area contributed by atoms with Gasteiger partial charge in [0.2, 0.25) is 0 Å². The monoisotopic (exact) mass is 634 g/mol. The van der Waals surface area contributed by atoms with E-state index in [0.29, 0.717) is 47.5 Å². The maximum atomic E-state index is 14.9. The fourth-order valence-electron chi connectivity index (χ4n) is 5.54. The quantitative estimate of drug-likeness (QED) is 0.243. The van der Waals surface area contributed by atoms with Crippen LogP contribution in [0.1, 0.15) is 66.7 Å². The summed E-state index contributed by atoms with van der Waals surface area (Å²) in [5, 5.41) is 13.7. The second kappa shape index (κ2) is 12.1. The van der Waals surface area contributed by atoms with E-state index in [2.05, 4.69) is 15.3 Å². The minimum Gasteiger partial charge on any atom is -0.490 e. The fourth-order valence-corrected chi connectivity index (χ4v) is 5.86. The number of ether oxygens (including phenoxy) is 3. The largest absolute Gasteiger partial charge is 0.490 e. The Morgan fingerprint density at radius 1 is 1.09 bits per heavy atom. The van der Waals surface area contributed by atoms with Crippen molar-refractivity contribution in [2.45, 2.75) is 96.1 Å². The van der Waals surface area contributed by atoms with Gasteiger partial charge in [-0.25, -0.2) is 19.2 Å². The minimum atomic E-state index is -0.908. The van der Waals surface area contributed by atoms with Crippen LogP contribution in [0.5, 0.6) is 11.5 Å². The summed E-state index contributed by atoms with van der Waals surface area (Å²) in [6.45, 7) is 9.28. The lowest BCUT2D eigenvalue weighted by Crippen LogP contribution is -2.50. The van der Waals surface area contributed by atoms with E-state index in [9.17, 15) is 14.3 Å². The molecule has 0 spiro atoms. The molecule has 3 heterocycles. The smallest absolute Gasteiger partial charge is 0.410 e. The molecule has 1 aromatic heterocycles. The number of fused-ring (bicyclic) bond motifs is 3. The van der Waals surface area contributed by atoms with Crippen LogP contribution in [0.25, 0.3) is 10.9 Å². The maximum absolute atomic E-state index is 14.9. The van der Waals surface area contributed by atoms with Crippen molar-refractivity contribution in [1.82, 2.24) is 14.9 Å². The van der Waals surface area contributed by atoms with Crippen LogP contribution < -0.4 is 14.8 Å². The summed E-state index contributed by atoms with van der Waals surface area (Å²) in [6.07, 6.45) is 4.34. The van der Waals surface area contributed by atoms with Gasteiger partial charge in [0.1, 0.15) is 23.9 Å². The van der Waals surface area contributed by atoms with Crippen molar-refractivity contribution in [2.24, 2.45) is 0 Å². The highest BCUT2D eigenvalue weighted by molar-refractivity contribution is 6.42. The van der Waals surface area contributed by atoms with Crippen molar-refractivity contribution in [1.29, 1.82) is 0 Å². The van der Waals surface area contributed by atoms with E-state index in [0.717, 1.165) is 12.8 Å². The third-order valence-electron chi connectivity index (χ3n) is 7.55. The molecule has 2 N–H and O–H groups in total. The molecule has 5 rings (SSSR count). The van der Waals surface area contributed by atoms with Gasteiger partial charge in [-0.3, -0.25) is 0 Å². The van der Waals surface area contributed by atoms with Crippen LogP contribution in [0.3, 0.4) is 0 Å². The summed E-state index contributed by atoms with van der Waals surface area (Å²) in [4.78, 5) is 23.6. The Kier molecular flexibility index (Phi) is 8.84. The Hall–Kier alpha value is -3.08. The number of nitrogens with zero attached hydrogens (tertiary/aromatic N) is 3. The topological polar surface area (TPSA) is 106 Å². The predicted octanol–water partition coefficient (Wildman–Crippen LogP) is 7.67. The van der Waals surface area contributed by atoms with Crippen molar-refractivity contribution in [3.8, 4) is 11.5 Å². The zero-order chi connectivity index (χ0) is 31.1. The van der Waals surface area contributed by atoms with Gasteiger partial charge < -0.3 is 29.5 Å². The van der Waals surface area contributed by atoms with Crippen molar-refractivity contribution in [3.63, 3.8) is 0 Å². The molecule has 0 radical (unpaired) electrons. The Bertz CT molecular complexity index is 1500. The minimum absolute atomic E-state index is 0.0109. The Labute approximate surface area is 260 Å². The predicted molar refractivity (Wildman–Crippen MR) is 164 cm³/mol. The van der Waals surface area contributed by atoms with Crippen LogP contribution in [0, 0.1) is 5.82 Å². The lowest BCUT2D eigenvalue weighted by molar-refractivity contribution is -0.00761. The first-order valence-corrected chi connectivity index (χ1v) is 15.2. The summed E-state index contributed by atoms with van der Waals surface area (Å²) in [5.41, 5.74) is -0.829. The zero-order valence-corrected chi connectivity index (χ0v) is 26.4. The molecule has 0 aliphatic carbocycles. The van der Waals surface area contributed by atoms with Crippen LogP contribution in [0.15, 0.2) is 30.6 Å². The van der Waals surface area contributed by atoms with Crippen LogP contribution in [-0.4, -0.2) is 62.1 Å². The molecule has 0 saturated carbocycles. The lowest BCUT2D eigenvalue weighted by atomic mass is 10.00. The lowest BCUT2D eigenvalue weighted by Gasteiger charge is -2.39. The second-order valence-corrected chi connectivity index (χ2v) is 13.6. The standard InChI is InChI=1S/C31H37Cl2FN4O5/c1-30(2,3)43-29(39)38-17-6-7-18(38)13-19(12-17)42-25-14-20-23(15-24(25)41-11-10-31(4,5)40)35-16-36-28(20)37-22-9-8-21(32)26(33)27(22)34/h8-9,14-19,40H,6-7,10-13H2,1-5H3,(H,35,36,37)/t17-,18+,19-. The number of benzene rings is 2. The molecular formula is C31H37Cl2FN4O5. The molecular weight excluding hydrogens is 598 g/mol. The number of hydrogen-bond donors (Lipinski definition) is 2. The van der Waals surface area contributed by atoms with Crippen molar-refractivity contribution in [2.75, 3.05) is 11.9 Å². The molecule has 3 atom stereocenters. The number of halogens is 3. The number of rotatable bonds is 8. The molecule has 43 heavy (non-hydrogen) atoms. The van der Waals surface area contributed by atoms with Crippen molar-refractivity contribution < 1.29 is 28.5 Å². The van der Waals surface area contributed by atoms with Crippen molar-refractivity contribution >= 4 is 51.7 Å². The highest BCUT2D eigenvalue weighted by Crippen LogP contribution is 2.42. The van der Waals surface area contributed by atoms with Gasteiger partial charge in [0.15, 0.2) is 17.3 Å². The van der Waals surface area contributed by atoms with Crippen LogP contribution in [0.4, 0.5) is 20.7 Å². The number of aromatic nitrogens is 2. The van der Waals surface area contributed by atoms with Crippen LogP contribution in [0.2, 0.25) is 10.0 Å². The summed E-state index contributed by atoms with van der Waals surface area (Å²) in [7, 11) is 0. The highest BCUT2D eigenvalue weighted by atomic mass is 35.5. The van der Waals surface area contributed by atoms with Crippen LogP contribution in [-0.2, 0) is 4.74 Å². The average molecular weight is 636 g/mol.